The lowest BCUT2D eigenvalue weighted by Crippen LogP contribution is -2.18. The third kappa shape index (κ3) is 2.73. The Bertz CT molecular complexity index is 831. The van der Waals surface area contributed by atoms with Crippen molar-refractivity contribution in [2.45, 2.75) is 26.0 Å². The molecule has 23 heavy (non-hydrogen) atoms. The summed E-state index contributed by atoms with van der Waals surface area (Å²) >= 11 is 0. The van der Waals surface area contributed by atoms with Gasteiger partial charge >= 0.3 is 0 Å². The van der Waals surface area contributed by atoms with Crippen LogP contribution in [0, 0.1) is 6.92 Å². The number of furan rings is 1. The minimum absolute atomic E-state index is 0.0400. The number of nitrogens with zero attached hydrogens (tertiary/aromatic N) is 1. The number of fused-ring (bicyclic) bond motifs is 2. The second kappa shape index (κ2) is 5.74. The van der Waals surface area contributed by atoms with Crippen LogP contribution >= 0.6 is 0 Å². The van der Waals surface area contributed by atoms with Crippen molar-refractivity contribution in [2.75, 3.05) is 13.6 Å². The van der Waals surface area contributed by atoms with Crippen molar-refractivity contribution in [1.29, 1.82) is 0 Å². The largest absolute Gasteiger partial charge is 0.485 e. The van der Waals surface area contributed by atoms with E-state index in [1.165, 1.54) is 10.9 Å². The smallest absolute Gasteiger partial charge is 0.128 e. The van der Waals surface area contributed by atoms with Gasteiger partial charge in [-0.05, 0) is 31.5 Å². The van der Waals surface area contributed by atoms with E-state index in [1.54, 1.807) is 0 Å². The maximum atomic E-state index is 6.45. The van der Waals surface area contributed by atoms with E-state index < -0.39 is 0 Å². The zero-order valence-corrected chi connectivity index (χ0v) is 13.6. The first-order valence-corrected chi connectivity index (χ1v) is 8.13. The zero-order valence-electron chi connectivity index (χ0n) is 13.6. The van der Waals surface area contributed by atoms with E-state index in [-0.39, 0.29) is 6.10 Å². The Morgan fingerprint density at radius 1 is 1.13 bits per heavy atom. The Morgan fingerprint density at radius 3 is 2.87 bits per heavy atom. The van der Waals surface area contributed by atoms with Crippen molar-refractivity contribution in [3.63, 3.8) is 0 Å². The highest BCUT2D eigenvalue weighted by atomic mass is 16.5. The fourth-order valence-corrected chi connectivity index (χ4v) is 3.37. The molecule has 0 bridgehead atoms. The van der Waals surface area contributed by atoms with Crippen molar-refractivity contribution >= 4 is 10.8 Å². The molecule has 1 unspecified atom stereocenters. The summed E-state index contributed by atoms with van der Waals surface area (Å²) in [5.74, 6) is 2.94. The van der Waals surface area contributed by atoms with E-state index in [1.807, 2.05) is 6.92 Å². The Labute approximate surface area is 136 Å². The van der Waals surface area contributed by atoms with E-state index in [4.69, 9.17) is 9.15 Å². The van der Waals surface area contributed by atoms with Crippen LogP contribution in [-0.4, -0.2) is 18.5 Å². The lowest BCUT2D eigenvalue weighted by atomic mass is 10.1. The first-order chi connectivity index (χ1) is 11.2. The van der Waals surface area contributed by atoms with Crippen molar-refractivity contribution in [2.24, 2.45) is 0 Å². The number of rotatable bonds is 2. The molecule has 118 valence electrons. The molecule has 0 saturated heterocycles. The monoisotopic (exact) mass is 307 g/mol. The van der Waals surface area contributed by atoms with Crippen LogP contribution in [0.25, 0.3) is 10.8 Å². The molecule has 1 aliphatic rings. The third-order valence-electron chi connectivity index (χ3n) is 4.52. The molecule has 2 heterocycles. The molecule has 3 heteroatoms. The van der Waals surface area contributed by atoms with Gasteiger partial charge in [-0.2, -0.15) is 0 Å². The molecule has 4 rings (SSSR count). The molecule has 3 aromatic rings. The van der Waals surface area contributed by atoms with Gasteiger partial charge in [0.05, 0.1) is 6.54 Å². The second-order valence-corrected chi connectivity index (χ2v) is 6.35. The van der Waals surface area contributed by atoms with Gasteiger partial charge in [0.15, 0.2) is 0 Å². The lowest BCUT2D eigenvalue weighted by molar-refractivity contribution is 0.185. The highest BCUT2D eigenvalue weighted by Crippen LogP contribution is 2.35. The molecular formula is C20H21NO2. The molecular weight excluding hydrogens is 286 g/mol. The number of hydrogen-bond acceptors (Lipinski definition) is 3. The molecule has 1 aliphatic heterocycles. The zero-order chi connectivity index (χ0) is 15.8. The van der Waals surface area contributed by atoms with Crippen LogP contribution in [0.15, 0.2) is 52.9 Å². The number of aryl methyl sites for hydroxylation is 1. The van der Waals surface area contributed by atoms with Gasteiger partial charge in [-0.3, -0.25) is 4.90 Å². The molecule has 2 aromatic carbocycles. The molecule has 0 amide bonds. The van der Waals surface area contributed by atoms with Crippen molar-refractivity contribution in [1.82, 2.24) is 4.90 Å². The first-order valence-electron chi connectivity index (χ1n) is 8.13. The van der Waals surface area contributed by atoms with Gasteiger partial charge in [0.1, 0.15) is 23.4 Å². The first kappa shape index (κ1) is 14.3. The Balaban J connectivity index is 1.73. The summed E-state index contributed by atoms with van der Waals surface area (Å²) < 4.78 is 12.3. The van der Waals surface area contributed by atoms with Crippen LogP contribution < -0.4 is 4.74 Å². The summed E-state index contributed by atoms with van der Waals surface area (Å²) in [7, 11) is 2.13. The summed E-state index contributed by atoms with van der Waals surface area (Å²) in [6, 6.07) is 16.7. The van der Waals surface area contributed by atoms with E-state index in [9.17, 15) is 0 Å². The van der Waals surface area contributed by atoms with Gasteiger partial charge in [0, 0.05) is 23.9 Å². The Kier molecular flexibility index (Phi) is 3.58. The van der Waals surface area contributed by atoms with Gasteiger partial charge in [-0.15, -0.1) is 0 Å². The standard InChI is InChI=1S/C20H21NO2/c1-14-12-17-19(10-11-21(2)13-20(17)22-14)23-18-9-5-7-15-6-3-4-8-16(15)18/h3-9,12,19H,10-11,13H2,1-2H3. The summed E-state index contributed by atoms with van der Waals surface area (Å²) in [5.41, 5.74) is 1.19. The van der Waals surface area contributed by atoms with E-state index in [0.717, 1.165) is 42.2 Å². The number of ether oxygens (including phenoxy) is 1. The molecule has 0 N–H and O–H groups in total. The van der Waals surface area contributed by atoms with E-state index in [2.05, 4.69) is 60.5 Å². The van der Waals surface area contributed by atoms with Crippen LogP contribution in [0.4, 0.5) is 0 Å². The Morgan fingerprint density at radius 2 is 1.96 bits per heavy atom. The predicted molar refractivity (Wildman–Crippen MR) is 91.7 cm³/mol. The fourth-order valence-electron chi connectivity index (χ4n) is 3.37. The summed E-state index contributed by atoms with van der Waals surface area (Å²) in [6.45, 7) is 3.85. The highest BCUT2D eigenvalue weighted by Gasteiger charge is 2.26. The molecule has 0 saturated carbocycles. The average molecular weight is 307 g/mol. The summed E-state index contributed by atoms with van der Waals surface area (Å²) in [5, 5.41) is 2.37. The van der Waals surface area contributed by atoms with Gasteiger partial charge in [-0.25, -0.2) is 0 Å². The number of benzene rings is 2. The topological polar surface area (TPSA) is 25.6 Å². The predicted octanol–water partition coefficient (Wildman–Crippen LogP) is 4.70. The third-order valence-corrected chi connectivity index (χ3v) is 4.52. The van der Waals surface area contributed by atoms with Crippen LogP contribution in [0.2, 0.25) is 0 Å². The molecule has 1 atom stereocenters. The number of hydrogen-bond donors (Lipinski definition) is 0. The summed E-state index contributed by atoms with van der Waals surface area (Å²) in [4.78, 5) is 2.29. The normalized spacial score (nSPS) is 18.6. The van der Waals surface area contributed by atoms with Crippen molar-refractivity contribution in [3.05, 3.63) is 65.6 Å². The van der Waals surface area contributed by atoms with E-state index >= 15 is 0 Å². The van der Waals surface area contributed by atoms with Gasteiger partial charge < -0.3 is 9.15 Å². The van der Waals surface area contributed by atoms with E-state index in [0.29, 0.717) is 0 Å². The maximum absolute atomic E-state index is 6.45. The SMILES string of the molecule is Cc1cc2c(o1)CN(C)CCC2Oc1cccc2ccccc12. The molecule has 3 nitrogen and oxygen atoms in total. The summed E-state index contributed by atoms with van der Waals surface area (Å²) in [6.07, 6.45) is 1.00. The molecule has 0 aliphatic carbocycles. The maximum Gasteiger partial charge on any atom is 0.128 e. The van der Waals surface area contributed by atoms with Crippen LogP contribution in [-0.2, 0) is 6.54 Å². The van der Waals surface area contributed by atoms with Crippen LogP contribution in [0.1, 0.15) is 29.6 Å². The van der Waals surface area contributed by atoms with Crippen LogP contribution in [0.3, 0.4) is 0 Å². The molecule has 0 radical (unpaired) electrons. The minimum atomic E-state index is 0.0400. The second-order valence-electron chi connectivity index (χ2n) is 6.35. The van der Waals surface area contributed by atoms with Gasteiger partial charge in [0.2, 0.25) is 0 Å². The molecule has 0 spiro atoms. The quantitative estimate of drug-likeness (QED) is 0.686. The Hall–Kier alpha value is -2.26. The van der Waals surface area contributed by atoms with Gasteiger partial charge in [-0.1, -0.05) is 36.4 Å². The minimum Gasteiger partial charge on any atom is -0.485 e. The lowest BCUT2D eigenvalue weighted by Gasteiger charge is -2.19. The molecule has 0 fully saturated rings. The highest BCUT2D eigenvalue weighted by molar-refractivity contribution is 5.88. The van der Waals surface area contributed by atoms with Crippen LogP contribution in [0.5, 0.6) is 5.75 Å². The van der Waals surface area contributed by atoms with Crippen molar-refractivity contribution < 1.29 is 9.15 Å². The fraction of sp³-hybridized carbons (Fsp3) is 0.300. The average Bonchev–Trinajstić information content (AvgIpc) is 2.85. The molecule has 1 aromatic heterocycles. The van der Waals surface area contributed by atoms with Gasteiger partial charge in [0.25, 0.3) is 0 Å². The van der Waals surface area contributed by atoms with Crippen molar-refractivity contribution in [3.8, 4) is 5.75 Å².